The number of rotatable bonds is 4. The maximum Gasteiger partial charge on any atom is 0.341 e. The molecule has 7 heteroatoms. The van der Waals surface area contributed by atoms with E-state index in [0.29, 0.717) is 0 Å². The number of carboxylic acids is 1. The van der Waals surface area contributed by atoms with E-state index in [-0.39, 0.29) is 16.5 Å². The number of ether oxygens (including phenoxy) is 1. The number of halogens is 1. The van der Waals surface area contributed by atoms with Crippen molar-refractivity contribution in [3.8, 4) is 5.75 Å². The van der Waals surface area contributed by atoms with E-state index >= 15 is 0 Å². The number of carboxylic acid groups (broad SMARTS) is 1. The molecule has 15 heavy (non-hydrogen) atoms. The minimum atomic E-state index is -1.18. The Morgan fingerprint density at radius 2 is 2.27 bits per heavy atom. The van der Waals surface area contributed by atoms with Gasteiger partial charge < -0.3 is 9.84 Å². The van der Waals surface area contributed by atoms with Gasteiger partial charge in [-0.15, -0.1) is 0 Å². The van der Waals surface area contributed by atoms with Crippen LogP contribution in [-0.4, -0.2) is 22.6 Å². The van der Waals surface area contributed by atoms with Crippen LogP contribution in [0.3, 0.4) is 0 Å². The minimum Gasteiger partial charge on any atom is -0.480 e. The molecule has 1 N–H and O–H groups in total. The molecule has 0 atom stereocenters. The van der Waals surface area contributed by atoms with Crippen LogP contribution in [0.1, 0.15) is 0 Å². The van der Waals surface area contributed by atoms with Crippen LogP contribution in [0.25, 0.3) is 0 Å². The van der Waals surface area contributed by atoms with Crippen LogP contribution < -0.4 is 4.74 Å². The van der Waals surface area contributed by atoms with Gasteiger partial charge in [-0.2, -0.15) is 0 Å². The first-order valence-corrected chi connectivity index (χ1v) is 4.17. The van der Waals surface area contributed by atoms with E-state index < -0.39 is 17.5 Å². The SMILES string of the molecule is O=C(O)COc1cccc([N+](=O)[O-])c1Cl. The van der Waals surface area contributed by atoms with Crippen molar-refractivity contribution >= 4 is 23.3 Å². The molecule has 0 aromatic heterocycles. The molecule has 0 spiro atoms. The summed E-state index contributed by atoms with van der Waals surface area (Å²) in [4.78, 5) is 20.0. The summed E-state index contributed by atoms with van der Waals surface area (Å²) >= 11 is 5.63. The summed E-state index contributed by atoms with van der Waals surface area (Å²) in [6.45, 7) is -0.596. The predicted molar refractivity (Wildman–Crippen MR) is 51.2 cm³/mol. The van der Waals surface area contributed by atoms with Gasteiger partial charge in [0, 0.05) is 6.07 Å². The van der Waals surface area contributed by atoms with Crippen LogP contribution in [0.4, 0.5) is 5.69 Å². The molecule has 0 radical (unpaired) electrons. The Morgan fingerprint density at radius 1 is 1.60 bits per heavy atom. The number of hydrogen-bond donors (Lipinski definition) is 1. The van der Waals surface area contributed by atoms with Crippen LogP contribution in [0.2, 0.25) is 5.02 Å². The second kappa shape index (κ2) is 4.61. The highest BCUT2D eigenvalue weighted by Gasteiger charge is 2.16. The van der Waals surface area contributed by atoms with E-state index in [1.54, 1.807) is 0 Å². The quantitative estimate of drug-likeness (QED) is 0.629. The molecule has 0 saturated heterocycles. The van der Waals surface area contributed by atoms with Gasteiger partial charge in [0.15, 0.2) is 11.6 Å². The molecule has 1 aromatic carbocycles. The van der Waals surface area contributed by atoms with Gasteiger partial charge in [0.2, 0.25) is 0 Å². The van der Waals surface area contributed by atoms with E-state index in [0.717, 1.165) is 0 Å². The van der Waals surface area contributed by atoms with Crippen molar-refractivity contribution in [3.63, 3.8) is 0 Å². The molecule has 1 rings (SSSR count). The van der Waals surface area contributed by atoms with Crippen molar-refractivity contribution in [2.75, 3.05) is 6.61 Å². The molecule has 80 valence electrons. The second-order valence-electron chi connectivity index (χ2n) is 2.53. The summed E-state index contributed by atoms with van der Waals surface area (Å²) in [5.41, 5.74) is -0.320. The standard InChI is InChI=1S/C8H6ClNO5/c9-8-5(10(13)14)2-1-3-6(8)15-4-7(11)12/h1-3H,4H2,(H,11,12). The molecular formula is C8H6ClNO5. The molecule has 0 bridgehead atoms. The number of nitro groups is 1. The lowest BCUT2D eigenvalue weighted by Crippen LogP contribution is -2.09. The van der Waals surface area contributed by atoms with Crippen LogP contribution in [0.5, 0.6) is 5.75 Å². The van der Waals surface area contributed by atoms with Crippen molar-refractivity contribution in [1.82, 2.24) is 0 Å². The van der Waals surface area contributed by atoms with Gasteiger partial charge in [-0.05, 0) is 6.07 Å². The van der Waals surface area contributed by atoms with Crippen LogP contribution in [0.15, 0.2) is 18.2 Å². The molecule has 0 fully saturated rings. The zero-order chi connectivity index (χ0) is 11.4. The number of nitrogens with zero attached hydrogens (tertiary/aromatic N) is 1. The van der Waals surface area contributed by atoms with E-state index in [9.17, 15) is 14.9 Å². The average molecular weight is 232 g/mol. The number of hydrogen-bond acceptors (Lipinski definition) is 4. The number of nitro benzene ring substituents is 1. The summed E-state index contributed by atoms with van der Waals surface area (Å²) in [7, 11) is 0. The Kier molecular flexibility index (Phi) is 3.46. The highest BCUT2D eigenvalue weighted by atomic mass is 35.5. The monoisotopic (exact) mass is 231 g/mol. The lowest BCUT2D eigenvalue weighted by atomic mass is 10.3. The molecule has 0 aliphatic rings. The second-order valence-corrected chi connectivity index (χ2v) is 2.91. The van der Waals surface area contributed by atoms with Gasteiger partial charge in [0.1, 0.15) is 5.75 Å². The third-order valence-corrected chi connectivity index (χ3v) is 1.87. The predicted octanol–water partition coefficient (Wildman–Crippen LogP) is 1.71. The van der Waals surface area contributed by atoms with Crippen molar-refractivity contribution < 1.29 is 19.6 Å². The smallest absolute Gasteiger partial charge is 0.341 e. The van der Waals surface area contributed by atoms with Gasteiger partial charge in [0.05, 0.1) is 4.92 Å². The number of aliphatic carboxylic acids is 1. The topological polar surface area (TPSA) is 89.7 Å². The fourth-order valence-corrected chi connectivity index (χ4v) is 1.14. The Labute approximate surface area is 89.2 Å². The highest BCUT2D eigenvalue weighted by molar-refractivity contribution is 6.34. The van der Waals surface area contributed by atoms with Crippen LogP contribution >= 0.6 is 11.6 Å². The number of benzene rings is 1. The molecule has 0 amide bonds. The fourth-order valence-electron chi connectivity index (χ4n) is 0.891. The minimum absolute atomic E-state index is 0.0201. The summed E-state index contributed by atoms with van der Waals surface area (Å²) in [5, 5.41) is 18.6. The highest BCUT2D eigenvalue weighted by Crippen LogP contribution is 2.33. The van der Waals surface area contributed by atoms with Crippen molar-refractivity contribution in [3.05, 3.63) is 33.3 Å². The Balaban J connectivity index is 2.94. The van der Waals surface area contributed by atoms with Crippen molar-refractivity contribution in [2.24, 2.45) is 0 Å². The van der Waals surface area contributed by atoms with E-state index in [2.05, 4.69) is 0 Å². The Hall–Kier alpha value is -1.82. The molecule has 6 nitrogen and oxygen atoms in total. The molecule has 0 saturated carbocycles. The molecule has 0 aliphatic carbocycles. The lowest BCUT2D eigenvalue weighted by Gasteiger charge is -2.04. The summed E-state index contributed by atoms with van der Waals surface area (Å²) in [6.07, 6.45) is 0. The zero-order valence-corrected chi connectivity index (χ0v) is 8.10. The normalized spacial score (nSPS) is 9.67. The van der Waals surface area contributed by atoms with E-state index in [1.165, 1.54) is 18.2 Å². The van der Waals surface area contributed by atoms with Crippen LogP contribution in [0, 0.1) is 10.1 Å². The summed E-state index contributed by atoms with van der Waals surface area (Å²) < 4.78 is 4.75. The van der Waals surface area contributed by atoms with E-state index in [1.807, 2.05) is 0 Å². The van der Waals surface area contributed by atoms with Gasteiger partial charge in [-0.3, -0.25) is 10.1 Å². The number of carbonyl (C=O) groups is 1. The van der Waals surface area contributed by atoms with Gasteiger partial charge >= 0.3 is 5.97 Å². The van der Waals surface area contributed by atoms with Crippen molar-refractivity contribution in [1.29, 1.82) is 0 Å². The molecular weight excluding hydrogens is 226 g/mol. The summed E-state index contributed by atoms with van der Waals surface area (Å²) in [5.74, 6) is -1.20. The average Bonchev–Trinajstić information content (AvgIpc) is 2.15. The molecule has 1 aromatic rings. The maximum atomic E-state index is 10.5. The fraction of sp³-hybridized carbons (Fsp3) is 0.125. The maximum absolute atomic E-state index is 10.5. The molecule has 0 unspecified atom stereocenters. The first kappa shape index (κ1) is 11.3. The largest absolute Gasteiger partial charge is 0.480 e. The third kappa shape index (κ3) is 2.81. The first-order chi connectivity index (χ1) is 7.02. The lowest BCUT2D eigenvalue weighted by molar-refractivity contribution is -0.384. The van der Waals surface area contributed by atoms with Crippen molar-refractivity contribution in [2.45, 2.75) is 0 Å². The zero-order valence-electron chi connectivity index (χ0n) is 7.34. The van der Waals surface area contributed by atoms with Gasteiger partial charge in [-0.1, -0.05) is 17.7 Å². The van der Waals surface area contributed by atoms with Crippen LogP contribution in [-0.2, 0) is 4.79 Å². The molecule has 0 heterocycles. The van der Waals surface area contributed by atoms with E-state index in [4.69, 9.17) is 21.4 Å². The third-order valence-electron chi connectivity index (χ3n) is 1.49. The first-order valence-electron chi connectivity index (χ1n) is 3.80. The van der Waals surface area contributed by atoms with Gasteiger partial charge in [-0.25, -0.2) is 4.79 Å². The summed E-state index contributed by atoms with van der Waals surface area (Å²) in [6, 6.07) is 3.93. The Morgan fingerprint density at radius 3 is 2.80 bits per heavy atom. The molecule has 0 aliphatic heterocycles. The Bertz CT molecular complexity index is 406. The van der Waals surface area contributed by atoms with Gasteiger partial charge in [0.25, 0.3) is 5.69 Å².